The van der Waals surface area contributed by atoms with Gasteiger partial charge in [0.2, 0.25) is 0 Å². The Morgan fingerprint density at radius 3 is 3.17 bits per heavy atom. The Balaban J connectivity index is 2.30. The molecule has 0 radical (unpaired) electrons. The van der Waals surface area contributed by atoms with Gasteiger partial charge in [0.1, 0.15) is 0 Å². The summed E-state index contributed by atoms with van der Waals surface area (Å²) >= 11 is 1.50. The smallest absolute Gasteiger partial charge is 0.0968 e. The molecule has 0 fully saturated rings. The standard InChI is InChI=1S/C9H11NOS/c1-2-3-4-5-9(11)8-6-12-7-10-8/h1,6-7,9,11H,3-5H2. The van der Waals surface area contributed by atoms with Crippen LogP contribution in [-0.2, 0) is 0 Å². The molecule has 3 heteroatoms. The summed E-state index contributed by atoms with van der Waals surface area (Å²) in [5, 5.41) is 11.4. The van der Waals surface area contributed by atoms with Crippen molar-refractivity contribution in [1.29, 1.82) is 0 Å². The van der Waals surface area contributed by atoms with Gasteiger partial charge >= 0.3 is 0 Å². The zero-order valence-corrected chi connectivity index (χ0v) is 7.55. The van der Waals surface area contributed by atoms with Crippen molar-refractivity contribution in [2.45, 2.75) is 25.4 Å². The molecule has 1 atom stereocenters. The monoisotopic (exact) mass is 181 g/mol. The first-order chi connectivity index (χ1) is 5.84. The van der Waals surface area contributed by atoms with E-state index in [2.05, 4.69) is 10.9 Å². The molecular formula is C9H11NOS. The van der Waals surface area contributed by atoms with Crippen molar-refractivity contribution < 1.29 is 5.11 Å². The van der Waals surface area contributed by atoms with Gasteiger partial charge in [0.15, 0.2) is 0 Å². The number of thiazole rings is 1. The maximum absolute atomic E-state index is 9.51. The van der Waals surface area contributed by atoms with Gasteiger partial charge in [0.05, 0.1) is 17.3 Å². The molecule has 0 bridgehead atoms. The van der Waals surface area contributed by atoms with E-state index >= 15 is 0 Å². The number of rotatable bonds is 4. The van der Waals surface area contributed by atoms with Gasteiger partial charge < -0.3 is 5.11 Å². The van der Waals surface area contributed by atoms with E-state index in [0.717, 1.165) is 18.5 Å². The van der Waals surface area contributed by atoms with Crippen LogP contribution in [-0.4, -0.2) is 10.1 Å². The number of unbranched alkanes of at least 4 members (excludes halogenated alkanes) is 1. The highest BCUT2D eigenvalue weighted by atomic mass is 32.1. The second-order valence-corrected chi connectivity index (χ2v) is 3.24. The second kappa shape index (κ2) is 4.91. The minimum Gasteiger partial charge on any atom is -0.387 e. The summed E-state index contributed by atoms with van der Waals surface area (Å²) in [6.07, 6.45) is 6.93. The number of terminal acetylenes is 1. The fraction of sp³-hybridized carbons (Fsp3) is 0.444. The first-order valence-electron chi connectivity index (χ1n) is 3.84. The molecule has 0 aliphatic rings. The van der Waals surface area contributed by atoms with Crippen molar-refractivity contribution in [3.8, 4) is 12.3 Å². The molecule has 0 saturated heterocycles. The van der Waals surface area contributed by atoms with Crippen molar-refractivity contribution in [2.24, 2.45) is 0 Å². The van der Waals surface area contributed by atoms with Gasteiger partial charge in [-0.1, -0.05) is 0 Å². The Kier molecular flexibility index (Phi) is 3.78. The molecule has 1 aromatic heterocycles. The van der Waals surface area contributed by atoms with Gasteiger partial charge in [-0.25, -0.2) is 4.98 Å². The van der Waals surface area contributed by atoms with Crippen LogP contribution in [0.1, 0.15) is 31.1 Å². The van der Waals surface area contributed by atoms with E-state index in [1.807, 2.05) is 5.38 Å². The molecule has 12 heavy (non-hydrogen) atoms. The summed E-state index contributed by atoms with van der Waals surface area (Å²) in [6, 6.07) is 0. The quantitative estimate of drug-likeness (QED) is 0.569. The molecule has 0 aromatic carbocycles. The van der Waals surface area contributed by atoms with Crippen LogP contribution in [0.15, 0.2) is 10.9 Å². The number of nitrogens with zero attached hydrogens (tertiary/aromatic N) is 1. The lowest BCUT2D eigenvalue weighted by atomic mass is 10.1. The molecule has 1 rings (SSSR count). The van der Waals surface area contributed by atoms with Crippen LogP contribution in [0.2, 0.25) is 0 Å². The molecule has 0 aliphatic heterocycles. The predicted octanol–water partition coefficient (Wildman–Crippen LogP) is 1.98. The third-order valence-corrected chi connectivity index (χ3v) is 2.20. The lowest BCUT2D eigenvalue weighted by Crippen LogP contribution is -1.96. The van der Waals surface area contributed by atoms with Gasteiger partial charge in [-0.15, -0.1) is 23.7 Å². The Labute approximate surface area is 76.3 Å². The SMILES string of the molecule is C#CCCCC(O)c1cscn1. The number of aromatic nitrogens is 1. The molecule has 2 nitrogen and oxygen atoms in total. The van der Waals surface area contributed by atoms with Gasteiger partial charge in [0, 0.05) is 11.8 Å². The van der Waals surface area contributed by atoms with Gasteiger partial charge in [-0.05, 0) is 12.8 Å². The maximum Gasteiger partial charge on any atom is 0.0968 e. The Bertz CT molecular complexity index is 250. The largest absolute Gasteiger partial charge is 0.387 e. The lowest BCUT2D eigenvalue weighted by Gasteiger charge is -2.04. The number of aliphatic hydroxyl groups is 1. The van der Waals surface area contributed by atoms with Crippen LogP contribution in [0.3, 0.4) is 0 Å². The predicted molar refractivity (Wildman–Crippen MR) is 49.8 cm³/mol. The Morgan fingerprint density at radius 1 is 1.75 bits per heavy atom. The van der Waals surface area contributed by atoms with E-state index < -0.39 is 6.10 Å². The molecule has 0 saturated carbocycles. The molecule has 0 spiro atoms. The minimum absolute atomic E-state index is 0.440. The average molecular weight is 181 g/mol. The fourth-order valence-corrected chi connectivity index (χ4v) is 1.53. The number of aliphatic hydroxyl groups excluding tert-OH is 1. The van der Waals surface area contributed by atoms with E-state index in [1.165, 1.54) is 11.3 Å². The highest BCUT2D eigenvalue weighted by molar-refractivity contribution is 7.07. The molecule has 1 heterocycles. The normalized spacial score (nSPS) is 12.3. The first kappa shape index (κ1) is 9.24. The van der Waals surface area contributed by atoms with Gasteiger partial charge in [0.25, 0.3) is 0 Å². The molecule has 1 aromatic rings. The van der Waals surface area contributed by atoms with E-state index in [4.69, 9.17) is 6.42 Å². The number of hydrogen-bond acceptors (Lipinski definition) is 3. The lowest BCUT2D eigenvalue weighted by molar-refractivity contribution is 0.161. The van der Waals surface area contributed by atoms with Crippen LogP contribution in [0.5, 0.6) is 0 Å². The summed E-state index contributed by atoms with van der Waals surface area (Å²) in [5.41, 5.74) is 2.48. The molecular weight excluding hydrogens is 170 g/mol. The summed E-state index contributed by atoms with van der Waals surface area (Å²) in [7, 11) is 0. The summed E-state index contributed by atoms with van der Waals surface area (Å²) in [4.78, 5) is 4.01. The van der Waals surface area contributed by atoms with Gasteiger partial charge in [-0.2, -0.15) is 0 Å². The Hall–Kier alpha value is -0.850. The molecule has 1 unspecified atom stereocenters. The van der Waals surface area contributed by atoms with Crippen molar-refractivity contribution >= 4 is 11.3 Å². The van der Waals surface area contributed by atoms with Crippen molar-refractivity contribution in [3.63, 3.8) is 0 Å². The first-order valence-corrected chi connectivity index (χ1v) is 4.78. The van der Waals surface area contributed by atoms with E-state index in [-0.39, 0.29) is 0 Å². The van der Waals surface area contributed by atoms with Crippen LogP contribution >= 0.6 is 11.3 Å². The maximum atomic E-state index is 9.51. The summed E-state index contributed by atoms with van der Waals surface area (Å²) in [5.74, 6) is 2.54. The molecule has 64 valence electrons. The third-order valence-electron chi connectivity index (χ3n) is 1.59. The highest BCUT2D eigenvalue weighted by Gasteiger charge is 2.07. The van der Waals surface area contributed by atoms with Crippen LogP contribution in [0.25, 0.3) is 0 Å². The van der Waals surface area contributed by atoms with E-state index in [1.54, 1.807) is 5.51 Å². The second-order valence-electron chi connectivity index (χ2n) is 2.53. The summed E-state index contributed by atoms with van der Waals surface area (Å²) < 4.78 is 0. The van der Waals surface area contributed by atoms with Crippen LogP contribution in [0.4, 0.5) is 0 Å². The summed E-state index contributed by atoms with van der Waals surface area (Å²) in [6.45, 7) is 0. The molecule has 0 amide bonds. The minimum atomic E-state index is -0.440. The van der Waals surface area contributed by atoms with Gasteiger partial charge in [-0.3, -0.25) is 0 Å². The fourth-order valence-electron chi connectivity index (χ4n) is 0.932. The van der Waals surface area contributed by atoms with Crippen molar-refractivity contribution in [1.82, 2.24) is 4.98 Å². The van der Waals surface area contributed by atoms with E-state index in [9.17, 15) is 5.11 Å². The zero-order chi connectivity index (χ0) is 8.81. The third kappa shape index (κ3) is 2.65. The zero-order valence-electron chi connectivity index (χ0n) is 6.73. The van der Waals surface area contributed by atoms with Crippen molar-refractivity contribution in [3.05, 3.63) is 16.6 Å². The van der Waals surface area contributed by atoms with Crippen LogP contribution < -0.4 is 0 Å². The van der Waals surface area contributed by atoms with Crippen molar-refractivity contribution in [2.75, 3.05) is 0 Å². The highest BCUT2D eigenvalue weighted by Crippen LogP contribution is 2.18. The topological polar surface area (TPSA) is 33.1 Å². The average Bonchev–Trinajstić information content (AvgIpc) is 2.56. The molecule has 0 aliphatic carbocycles. The van der Waals surface area contributed by atoms with E-state index in [0.29, 0.717) is 6.42 Å². The Morgan fingerprint density at radius 2 is 2.58 bits per heavy atom. The van der Waals surface area contributed by atoms with Crippen LogP contribution in [0, 0.1) is 12.3 Å². The molecule has 1 N–H and O–H groups in total. The number of hydrogen-bond donors (Lipinski definition) is 1.